The Morgan fingerprint density at radius 3 is 2.72 bits per heavy atom. The van der Waals surface area contributed by atoms with Gasteiger partial charge < -0.3 is 5.11 Å². The molecule has 0 saturated carbocycles. The van der Waals surface area contributed by atoms with Gasteiger partial charge in [-0.05, 0) is 12.5 Å². The molecule has 2 aromatic heterocycles. The lowest BCUT2D eigenvalue weighted by molar-refractivity contribution is -0.140. The number of thiophene rings is 1. The molecular weight excluding hydrogens is 269 g/mol. The van der Waals surface area contributed by atoms with Gasteiger partial charge in [-0.25, -0.2) is 4.79 Å². The largest absolute Gasteiger partial charge is 0.477 e. The second-order valence-electron chi connectivity index (χ2n) is 3.70. The van der Waals surface area contributed by atoms with Crippen molar-refractivity contribution in [3.63, 3.8) is 0 Å². The molecule has 8 heteroatoms. The SMILES string of the molecule is CCCn1nc(C(F)(F)F)c2cc(C(=O)O)sc21. The number of carbonyl (C=O) groups is 1. The van der Waals surface area contributed by atoms with Gasteiger partial charge in [0.15, 0.2) is 5.69 Å². The van der Waals surface area contributed by atoms with Crippen LogP contribution in [-0.2, 0) is 12.7 Å². The second-order valence-corrected chi connectivity index (χ2v) is 4.73. The van der Waals surface area contributed by atoms with Crippen LogP contribution in [0.2, 0.25) is 0 Å². The molecule has 0 amide bonds. The third kappa shape index (κ3) is 2.07. The number of halogens is 3. The van der Waals surface area contributed by atoms with Crippen LogP contribution < -0.4 is 0 Å². The molecule has 0 aliphatic carbocycles. The van der Waals surface area contributed by atoms with Gasteiger partial charge in [0.05, 0.1) is 0 Å². The zero-order valence-corrected chi connectivity index (χ0v) is 10.1. The van der Waals surface area contributed by atoms with E-state index in [0.717, 1.165) is 17.4 Å². The fraction of sp³-hybridized carbons (Fsp3) is 0.400. The topological polar surface area (TPSA) is 55.1 Å². The van der Waals surface area contributed by atoms with Crippen molar-refractivity contribution in [2.24, 2.45) is 0 Å². The average molecular weight is 278 g/mol. The molecule has 0 atom stereocenters. The summed E-state index contributed by atoms with van der Waals surface area (Å²) in [6.45, 7) is 2.14. The normalized spacial score (nSPS) is 12.2. The summed E-state index contributed by atoms with van der Waals surface area (Å²) in [6.07, 6.45) is -3.96. The molecule has 0 saturated heterocycles. The van der Waals surface area contributed by atoms with Crippen molar-refractivity contribution in [1.29, 1.82) is 0 Å². The van der Waals surface area contributed by atoms with E-state index in [9.17, 15) is 18.0 Å². The number of aromatic nitrogens is 2. The smallest absolute Gasteiger partial charge is 0.435 e. The Hall–Kier alpha value is -1.57. The van der Waals surface area contributed by atoms with Gasteiger partial charge in [-0.2, -0.15) is 18.3 Å². The fourth-order valence-electron chi connectivity index (χ4n) is 1.64. The second kappa shape index (κ2) is 4.27. The summed E-state index contributed by atoms with van der Waals surface area (Å²) >= 11 is 0.810. The molecule has 2 rings (SSSR count). The van der Waals surface area contributed by atoms with E-state index in [4.69, 9.17) is 5.11 Å². The van der Waals surface area contributed by atoms with Gasteiger partial charge in [0.2, 0.25) is 0 Å². The summed E-state index contributed by atoms with van der Waals surface area (Å²) in [5.74, 6) is -1.23. The summed E-state index contributed by atoms with van der Waals surface area (Å²) in [5.41, 5.74) is -1.02. The molecule has 98 valence electrons. The molecule has 0 unspecified atom stereocenters. The lowest BCUT2D eigenvalue weighted by Crippen LogP contribution is -2.08. The van der Waals surface area contributed by atoms with Crippen molar-refractivity contribution in [2.45, 2.75) is 26.1 Å². The van der Waals surface area contributed by atoms with Crippen molar-refractivity contribution in [3.05, 3.63) is 16.6 Å². The maximum atomic E-state index is 12.8. The number of hydrogen-bond donors (Lipinski definition) is 1. The van der Waals surface area contributed by atoms with Gasteiger partial charge in [0, 0.05) is 11.9 Å². The number of carboxylic acid groups (broad SMARTS) is 1. The summed E-state index contributed by atoms with van der Waals surface area (Å²) < 4.78 is 39.5. The molecule has 18 heavy (non-hydrogen) atoms. The van der Waals surface area contributed by atoms with Crippen LogP contribution in [0.5, 0.6) is 0 Å². The van der Waals surface area contributed by atoms with E-state index in [1.807, 2.05) is 6.92 Å². The third-order valence-electron chi connectivity index (χ3n) is 2.34. The number of rotatable bonds is 3. The Morgan fingerprint density at radius 1 is 1.56 bits per heavy atom. The number of carboxylic acids is 1. The van der Waals surface area contributed by atoms with E-state index >= 15 is 0 Å². The molecule has 1 N–H and O–H groups in total. The monoisotopic (exact) mass is 278 g/mol. The highest BCUT2D eigenvalue weighted by molar-refractivity contribution is 7.20. The maximum Gasteiger partial charge on any atom is 0.435 e. The summed E-state index contributed by atoms with van der Waals surface area (Å²) in [4.78, 5) is 10.9. The minimum atomic E-state index is -4.58. The van der Waals surface area contributed by atoms with Gasteiger partial charge in [-0.3, -0.25) is 4.68 Å². The number of aryl methyl sites for hydroxylation is 1. The van der Waals surface area contributed by atoms with Crippen LogP contribution in [0.25, 0.3) is 10.2 Å². The minimum Gasteiger partial charge on any atom is -0.477 e. The molecule has 2 heterocycles. The molecule has 4 nitrogen and oxygen atoms in total. The van der Waals surface area contributed by atoms with Crippen LogP contribution in [0.15, 0.2) is 6.07 Å². The van der Waals surface area contributed by atoms with E-state index in [-0.39, 0.29) is 15.1 Å². The predicted octanol–water partition coefficient (Wildman–Crippen LogP) is 3.22. The molecule has 0 fully saturated rings. The molecule has 0 radical (unpaired) electrons. The molecule has 0 bridgehead atoms. The van der Waals surface area contributed by atoms with Gasteiger partial charge >= 0.3 is 12.1 Å². The van der Waals surface area contributed by atoms with Crippen molar-refractivity contribution >= 4 is 27.5 Å². The van der Waals surface area contributed by atoms with Crippen LogP contribution in [0.3, 0.4) is 0 Å². The number of hydrogen-bond acceptors (Lipinski definition) is 3. The van der Waals surface area contributed by atoms with Crippen LogP contribution >= 0.6 is 11.3 Å². The van der Waals surface area contributed by atoms with Gasteiger partial charge in [-0.15, -0.1) is 11.3 Å². The van der Waals surface area contributed by atoms with Crippen LogP contribution in [0, 0.1) is 0 Å². The highest BCUT2D eigenvalue weighted by Gasteiger charge is 2.37. The predicted molar refractivity (Wildman–Crippen MR) is 59.9 cm³/mol. The zero-order valence-electron chi connectivity index (χ0n) is 9.28. The first kappa shape index (κ1) is 12.9. The number of nitrogens with zero attached hydrogens (tertiary/aromatic N) is 2. The van der Waals surface area contributed by atoms with Crippen molar-refractivity contribution in [3.8, 4) is 0 Å². The highest BCUT2D eigenvalue weighted by atomic mass is 32.1. The van der Waals surface area contributed by atoms with Gasteiger partial charge in [-0.1, -0.05) is 6.92 Å². The maximum absolute atomic E-state index is 12.8. The molecular formula is C10H9F3N2O2S. The van der Waals surface area contributed by atoms with E-state index in [2.05, 4.69) is 5.10 Å². The molecule has 0 spiro atoms. The van der Waals surface area contributed by atoms with E-state index in [0.29, 0.717) is 13.0 Å². The Bertz CT molecular complexity index is 600. The number of fused-ring (bicyclic) bond motifs is 1. The third-order valence-corrected chi connectivity index (χ3v) is 3.47. The quantitative estimate of drug-likeness (QED) is 0.937. The first-order valence-electron chi connectivity index (χ1n) is 5.15. The minimum absolute atomic E-state index is 0.113. The summed E-state index contributed by atoms with van der Waals surface area (Å²) in [7, 11) is 0. The lowest BCUT2D eigenvalue weighted by atomic mass is 10.3. The first-order valence-corrected chi connectivity index (χ1v) is 5.97. The van der Waals surface area contributed by atoms with Gasteiger partial charge in [0.25, 0.3) is 0 Å². The average Bonchev–Trinajstić information content (AvgIpc) is 2.77. The Balaban J connectivity index is 2.68. The molecule has 0 aliphatic rings. The number of alkyl halides is 3. The summed E-state index contributed by atoms with van der Waals surface area (Å²) in [5, 5.41) is 12.2. The lowest BCUT2D eigenvalue weighted by Gasteiger charge is -2.02. The van der Waals surface area contributed by atoms with E-state index in [1.54, 1.807) is 0 Å². The van der Waals surface area contributed by atoms with Crippen LogP contribution in [0.4, 0.5) is 13.2 Å². The van der Waals surface area contributed by atoms with Crippen molar-refractivity contribution in [2.75, 3.05) is 0 Å². The standard InChI is InChI=1S/C10H9F3N2O2S/c1-2-3-15-8-5(4-6(18-8)9(16)17)7(14-15)10(11,12)13/h4H,2-3H2,1H3,(H,16,17). The van der Waals surface area contributed by atoms with Crippen LogP contribution in [-0.4, -0.2) is 20.9 Å². The zero-order chi connectivity index (χ0) is 13.5. The van der Waals surface area contributed by atoms with Gasteiger partial charge in [0.1, 0.15) is 9.71 Å². The molecule has 0 aliphatic heterocycles. The molecule has 2 aromatic rings. The van der Waals surface area contributed by atoms with E-state index < -0.39 is 17.8 Å². The summed E-state index contributed by atoms with van der Waals surface area (Å²) in [6, 6.07) is 1.03. The number of aromatic carboxylic acids is 1. The van der Waals surface area contributed by atoms with Crippen LogP contribution in [0.1, 0.15) is 28.7 Å². The Labute approximate surface area is 104 Å². The van der Waals surface area contributed by atoms with Crippen molar-refractivity contribution in [1.82, 2.24) is 9.78 Å². The fourth-order valence-corrected chi connectivity index (χ4v) is 2.62. The highest BCUT2D eigenvalue weighted by Crippen LogP contribution is 2.37. The first-order chi connectivity index (χ1) is 8.34. The van der Waals surface area contributed by atoms with Crippen molar-refractivity contribution < 1.29 is 23.1 Å². The Morgan fingerprint density at radius 2 is 2.22 bits per heavy atom. The van der Waals surface area contributed by atoms with E-state index in [1.165, 1.54) is 4.68 Å². The Kier molecular flexibility index (Phi) is 3.05. The molecule has 0 aromatic carbocycles.